The van der Waals surface area contributed by atoms with Crippen molar-refractivity contribution >= 4 is 17.4 Å². The quantitative estimate of drug-likeness (QED) is 0.621. The Morgan fingerprint density at radius 3 is 2.43 bits per heavy atom. The Kier molecular flexibility index (Phi) is 6.46. The van der Waals surface area contributed by atoms with Gasteiger partial charge in [-0.1, -0.05) is 24.3 Å². The average Bonchev–Trinajstić information content (AvgIpc) is 2.75. The number of para-hydroxylation sites is 1. The monoisotopic (exact) mass is 377 g/mol. The van der Waals surface area contributed by atoms with E-state index in [4.69, 9.17) is 9.47 Å². The predicted octanol–water partition coefficient (Wildman–Crippen LogP) is 4.01. The smallest absolute Gasteiger partial charge is 0.259 e. The maximum atomic E-state index is 12.4. The maximum absolute atomic E-state index is 12.4. The molecule has 3 aromatic rings. The van der Waals surface area contributed by atoms with Crippen LogP contribution in [0.3, 0.4) is 0 Å². The number of carbonyl (C=O) groups excluding carboxylic acids is 1. The van der Waals surface area contributed by atoms with Crippen molar-refractivity contribution in [2.24, 2.45) is 0 Å². The van der Waals surface area contributed by atoms with Crippen LogP contribution in [0.2, 0.25) is 0 Å². The van der Waals surface area contributed by atoms with E-state index < -0.39 is 0 Å². The third-order valence-electron chi connectivity index (χ3n) is 4.25. The molecule has 0 atom stereocenters. The molecule has 0 spiro atoms. The van der Waals surface area contributed by atoms with Crippen molar-refractivity contribution in [1.82, 2.24) is 4.98 Å². The molecule has 0 radical (unpaired) electrons. The second kappa shape index (κ2) is 9.41. The van der Waals surface area contributed by atoms with E-state index >= 15 is 0 Å². The topological polar surface area (TPSA) is 72.5 Å². The Labute approximate surface area is 164 Å². The molecule has 144 valence electrons. The molecule has 2 N–H and O–H groups in total. The third kappa shape index (κ3) is 5.01. The van der Waals surface area contributed by atoms with Crippen LogP contribution in [0, 0.1) is 0 Å². The second-order valence-electron chi connectivity index (χ2n) is 6.11. The number of anilines is 2. The van der Waals surface area contributed by atoms with E-state index in [1.165, 1.54) is 5.56 Å². The summed E-state index contributed by atoms with van der Waals surface area (Å²) in [6.45, 7) is 0.756. The SMILES string of the molecule is COc1ccc(CCNc2ccc(NC(=O)c3ccccc3OC)cn2)cc1. The van der Waals surface area contributed by atoms with Crippen molar-refractivity contribution in [2.45, 2.75) is 6.42 Å². The van der Waals surface area contributed by atoms with Gasteiger partial charge in [0.25, 0.3) is 5.91 Å². The van der Waals surface area contributed by atoms with Crippen LogP contribution < -0.4 is 20.1 Å². The molecule has 6 nitrogen and oxygen atoms in total. The second-order valence-corrected chi connectivity index (χ2v) is 6.11. The lowest BCUT2D eigenvalue weighted by Crippen LogP contribution is -2.13. The largest absolute Gasteiger partial charge is 0.497 e. The highest BCUT2D eigenvalue weighted by Crippen LogP contribution is 2.19. The molecule has 3 rings (SSSR count). The summed E-state index contributed by atoms with van der Waals surface area (Å²) in [4.78, 5) is 16.8. The number of hydrogen-bond donors (Lipinski definition) is 2. The highest BCUT2D eigenvalue weighted by atomic mass is 16.5. The van der Waals surface area contributed by atoms with Crippen LogP contribution in [-0.2, 0) is 6.42 Å². The molecule has 1 aromatic heterocycles. The number of ether oxygens (including phenoxy) is 2. The molecule has 1 amide bonds. The maximum Gasteiger partial charge on any atom is 0.259 e. The first-order chi connectivity index (χ1) is 13.7. The van der Waals surface area contributed by atoms with Crippen molar-refractivity contribution in [3.63, 3.8) is 0 Å². The number of methoxy groups -OCH3 is 2. The number of amides is 1. The number of carbonyl (C=O) groups is 1. The standard InChI is InChI=1S/C22H23N3O3/c1-27-18-10-7-16(8-11-18)13-14-23-21-12-9-17(15-24-21)25-22(26)19-5-3-4-6-20(19)28-2/h3-12,15H,13-14H2,1-2H3,(H,23,24)(H,25,26). The number of benzene rings is 2. The van der Waals surface area contributed by atoms with E-state index in [9.17, 15) is 4.79 Å². The van der Waals surface area contributed by atoms with Crippen molar-refractivity contribution in [3.8, 4) is 11.5 Å². The van der Waals surface area contributed by atoms with Crippen molar-refractivity contribution in [2.75, 3.05) is 31.4 Å². The van der Waals surface area contributed by atoms with Crippen molar-refractivity contribution < 1.29 is 14.3 Å². The summed E-state index contributed by atoms with van der Waals surface area (Å²) in [7, 11) is 3.20. The van der Waals surface area contributed by atoms with E-state index in [2.05, 4.69) is 15.6 Å². The van der Waals surface area contributed by atoms with Gasteiger partial charge in [0.15, 0.2) is 0 Å². The van der Waals surface area contributed by atoms with Gasteiger partial charge in [0.05, 0.1) is 31.7 Å². The van der Waals surface area contributed by atoms with Crippen molar-refractivity contribution in [3.05, 3.63) is 78.0 Å². The van der Waals surface area contributed by atoms with Crippen LogP contribution in [0.1, 0.15) is 15.9 Å². The zero-order valence-corrected chi connectivity index (χ0v) is 15.9. The van der Waals surface area contributed by atoms with E-state index in [0.29, 0.717) is 17.0 Å². The van der Waals surface area contributed by atoms with Gasteiger partial charge < -0.3 is 20.1 Å². The minimum atomic E-state index is -0.237. The minimum Gasteiger partial charge on any atom is -0.497 e. The Hall–Kier alpha value is -3.54. The molecule has 0 bridgehead atoms. The van der Waals surface area contributed by atoms with Crippen LogP contribution in [0.25, 0.3) is 0 Å². The van der Waals surface area contributed by atoms with Gasteiger partial charge in [-0.25, -0.2) is 4.98 Å². The number of nitrogens with one attached hydrogen (secondary N) is 2. The Morgan fingerprint density at radius 1 is 0.964 bits per heavy atom. The summed E-state index contributed by atoms with van der Waals surface area (Å²) in [6, 6.07) is 18.7. The predicted molar refractivity (Wildman–Crippen MR) is 110 cm³/mol. The van der Waals surface area contributed by atoms with Gasteiger partial charge >= 0.3 is 0 Å². The molecule has 0 fully saturated rings. The number of pyridine rings is 1. The van der Waals surface area contributed by atoms with Crippen LogP contribution in [-0.4, -0.2) is 31.7 Å². The summed E-state index contributed by atoms with van der Waals surface area (Å²) in [6.07, 6.45) is 2.50. The molecule has 0 aliphatic heterocycles. The molecule has 0 unspecified atom stereocenters. The summed E-state index contributed by atoms with van der Waals surface area (Å²) >= 11 is 0. The van der Waals surface area contributed by atoms with Gasteiger partial charge in [0.1, 0.15) is 17.3 Å². The first-order valence-electron chi connectivity index (χ1n) is 8.97. The molecule has 0 aliphatic rings. The van der Waals surface area contributed by atoms with Gasteiger partial charge in [-0.3, -0.25) is 4.79 Å². The summed E-state index contributed by atoms with van der Waals surface area (Å²) in [5.74, 6) is 1.90. The van der Waals surface area contributed by atoms with Gasteiger partial charge in [-0.15, -0.1) is 0 Å². The Morgan fingerprint density at radius 2 is 1.75 bits per heavy atom. The number of rotatable bonds is 8. The van der Waals surface area contributed by atoms with Crippen LogP contribution in [0.4, 0.5) is 11.5 Å². The summed E-state index contributed by atoms with van der Waals surface area (Å²) in [5.41, 5.74) is 2.32. The molecule has 6 heteroatoms. The minimum absolute atomic E-state index is 0.237. The van der Waals surface area contributed by atoms with Crippen LogP contribution in [0.5, 0.6) is 11.5 Å². The molecular weight excluding hydrogens is 354 g/mol. The lowest BCUT2D eigenvalue weighted by Gasteiger charge is -2.10. The number of nitrogens with zero attached hydrogens (tertiary/aromatic N) is 1. The van der Waals surface area contributed by atoms with Crippen molar-refractivity contribution in [1.29, 1.82) is 0 Å². The third-order valence-corrected chi connectivity index (χ3v) is 4.25. The fraction of sp³-hybridized carbons (Fsp3) is 0.182. The number of aromatic nitrogens is 1. The fourth-order valence-corrected chi connectivity index (χ4v) is 2.73. The molecule has 1 heterocycles. The average molecular weight is 377 g/mol. The van der Waals surface area contributed by atoms with Crippen LogP contribution in [0.15, 0.2) is 66.9 Å². The zero-order chi connectivity index (χ0) is 19.8. The van der Waals surface area contributed by atoms with Gasteiger partial charge in [-0.2, -0.15) is 0 Å². The molecule has 0 saturated heterocycles. The highest BCUT2D eigenvalue weighted by Gasteiger charge is 2.11. The van der Waals surface area contributed by atoms with E-state index in [-0.39, 0.29) is 5.91 Å². The first-order valence-corrected chi connectivity index (χ1v) is 8.97. The first kappa shape index (κ1) is 19.2. The lowest BCUT2D eigenvalue weighted by molar-refractivity contribution is 0.102. The van der Waals surface area contributed by atoms with E-state index in [0.717, 1.165) is 24.5 Å². The fourth-order valence-electron chi connectivity index (χ4n) is 2.73. The number of hydrogen-bond acceptors (Lipinski definition) is 5. The molecular formula is C22H23N3O3. The normalized spacial score (nSPS) is 10.2. The molecule has 0 aliphatic carbocycles. The zero-order valence-electron chi connectivity index (χ0n) is 15.9. The summed E-state index contributed by atoms with van der Waals surface area (Å²) < 4.78 is 10.4. The van der Waals surface area contributed by atoms with Crippen LogP contribution >= 0.6 is 0 Å². The summed E-state index contributed by atoms with van der Waals surface area (Å²) in [5, 5.41) is 6.11. The highest BCUT2D eigenvalue weighted by molar-refractivity contribution is 6.06. The van der Waals surface area contributed by atoms with Gasteiger partial charge in [-0.05, 0) is 48.4 Å². The molecule has 2 aromatic carbocycles. The lowest BCUT2D eigenvalue weighted by atomic mass is 10.1. The molecule has 28 heavy (non-hydrogen) atoms. The van der Waals surface area contributed by atoms with Gasteiger partial charge in [0, 0.05) is 6.54 Å². The van der Waals surface area contributed by atoms with E-state index in [1.807, 2.05) is 42.5 Å². The Balaban J connectivity index is 1.52. The van der Waals surface area contributed by atoms with Gasteiger partial charge in [0.2, 0.25) is 0 Å². The molecule has 0 saturated carbocycles. The van der Waals surface area contributed by atoms with E-state index in [1.54, 1.807) is 38.6 Å². The Bertz CT molecular complexity index is 909.